The average Bonchev–Trinajstić information content (AvgIpc) is 3.61. The maximum absolute atomic E-state index is 13.6. The summed E-state index contributed by atoms with van der Waals surface area (Å²) in [6.07, 6.45) is 2.48. The third-order valence-electron chi connectivity index (χ3n) is 6.25. The minimum atomic E-state index is -0.618. The summed E-state index contributed by atoms with van der Waals surface area (Å²) in [4.78, 5) is 27.3. The molecule has 1 heterocycles. The summed E-state index contributed by atoms with van der Waals surface area (Å²) in [5, 5.41) is 2.95. The monoisotopic (exact) mass is 438 g/mol. The third kappa shape index (κ3) is 4.95. The van der Waals surface area contributed by atoms with Crippen molar-refractivity contribution in [2.45, 2.75) is 52.2 Å². The van der Waals surface area contributed by atoms with E-state index < -0.39 is 6.10 Å². The molecule has 2 atom stereocenters. The van der Waals surface area contributed by atoms with Crippen molar-refractivity contribution in [1.82, 2.24) is 10.2 Å². The summed E-state index contributed by atoms with van der Waals surface area (Å²) >= 11 is 0. The van der Waals surface area contributed by atoms with Crippen molar-refractivity contribution in [2.75, 3.05) is 13.1 Å². The van der Waals surface area contributed by atoms with Gasteiger partial charge in [-0.3, -0.25) is 9.59 Å². The maximum atomic E-state index is 13.6. The highest BCUT2D eigenvalue weighted by Crippen LogP contribution is 2.38. The van der Waals surface area contributed by atoms with Gasteiger partial charge in [-0.1, -0.05) is 32.0 Å². The summed E-state index contributed by atoms with van der Waals surface area (Å²) in [7, 11) is 0. The fourth-order valence-electron chi connectivity index (χ4n) is 4.21. The van der Waals surface area contributed by atoms with Gasteiger partial charge in [-0.05, 0) is 73.1 Å². The zero-order valence-electron chi connectivity index (χ0n) is 18.9. The molecule has 2 aromatic carbocycles. The van der Waals surface area contributed by atoms with E-state index in [0.717, 1.165) is 23.1 Å². The van der Waals surface area contributed by atoms with Crippen LogP contribution in [0, 0.1) is 17.7 Å². The van der Waals surface area contributed by atoms with E-state index in [4.69, 9.17) is 4.74 Å². The van der Waals surface area contributed by atoms with Crippen LogP contribution in [0.25, 0.3) is 0 Å². The van der Waals surface area contributed by atoms with Crippen molar-refractivity contribution in [3.63, 3.8) is 0 Å². The number of fused-ring (bicyclic) bond motifs is 1. The first-order chi connectivity index (χ1) is 15.3. The van der Waals surface area contributed by atoms with Crippen molar-refractivity contribution in [3.05, 3.63) is 65.0 Å². The molecular formula is C26H31FN2O3. The lowest BCUT2D eigenvalue weighted by atomic mass is 9.87. The van der Waals surface area contributed by atoms with Gasteiger partial charge in [-0.2, -0.15) is 0 Å². The zero-order valence-corrected chi connectivity index (χ0v) is 18.9. The molecule has 2 aromatic rings. The SMILES string of the molecule is CC(C)C(=O)N1CCc2ccc(OC(C)C(=O)NCC3CC3)cc2C1c1ccc(F)cc1. The summed E-state index contributed by atoms with van der Waals surface area (Å²) in [6, 6.07) is 11.8. The Kier molecular flexibility index (Phi) is 6.49. The molecule has 6 heteroatoms. The van der Waals surface area contributed by atoms with Gasteiger partial charge < -0.3 is 15.0 Å². The van der Waals surface area contributed by atoms with Gasteiger partial charge in [0.2, 0.25) is 5.91 Å². The molecule has 0 radical (unpaired) electrons. The van der Waals surface area contributed by atoms with Crippen LogP contribution in [0.5, 0.6) is 5.75 Å². The molecule has 170 valence electrons. The van der Waals surface area contributed by atoms with Crippen molar-refractivity contribution in [1.29, 1.82) is 0 Å². The number of hydrogen-bond acceptors (Lipinski definition) is 3. The van der Waals surface area contributed by atoms with Crippen LogP contribution in [0.4, 0.5) is 4.39 Å². The molecule has 1 N–H and O–H groups in total. The van der Waals surface area contributed by atoms with Crippen molar-refractivity contribution >= 4 is 11.8 Å². The number of carbonyl (C=O) groups excluding carboxylic acids is 2. The minimum Gasteiger partial charge on any atom is -0.481 e. The molecule has 0 aromatic heterocycles. The quantitative estimate of drug-likeness (QED) is 0.703. The van der Waals surface area contributed by atoms with Crippen molar-refractivity contribution < 1.29 is 18.7 Å². The van der Waals surface area contributed by atoms with Gasteiger partial charge in [-0.15, -0.1) is 0 Å². The highest BCUT2D eigenvalue weighted by atomic mass is 19.1. The van der Waals surface area contributed by atoms with Gasteiger partial charge in [0.15, 0.2) is 6.10 Å². The number of ether oxygens (including phenoxy) is 1. The van der Waals surface area contributed by atoms with Crippen LogP contribution in [0.3, 0.4) is 0 Å². The van der Waals surface area contributed by atoms with Gasteiger partial charge in [0.1, 0.15) is 11.6 Å². The molecule has 0 bridgehead atoms. The van der Waals surface area contributed by atoms with E-state index in [1.165, 1.54) is 25.0 Å². The zero-order chi connectivity index (χ0) is 22.8. The van der Waals surface area contributed by atoms with Gasteiger partial charge >= 0.3 is 0 Å². The van der Waals surface area contributed by atoms with Crippen LogP contribution in [0.1, 0.15) is 56.3 Å². The molecule has 1 aliphatic heterocycles. The first-order valence-corrected chi connectivity index (χ1v) is 11.5. The second-order valence-corrected chi connectivity index (χ2v) is 9.20. The molecular weight excluding hydrogens is 407 g/mol. The molecule has 1 fully saturated rings. The Balaban J connectivity index is 1.61. The highest BCUT2D eigenvalue weighted by Gasteiger charge is 2.33. The van der Waals surface area contributed by atoms with E-state index in [0.29, 0.717) is 24.8 Å². The number of benzene rings is 2. The first kappa shape index (κ1) is 22.3. The number of hydrogen-bond donors (Lipinski definition) is 1. The lowest BCUT2D eigenvalue weighted by Crippen LogP contribution is -2.42. The predicted molar refractivity (Wildman–Crippen MR) is 121 cm³/mol. The Bertz CT molecular complexity index is 985. The molecule has 2 amide bonds. The van der Waals surface area contributed by atoms with Gasteiger partial charge in [0.05, 0.1) is 6.04 Å². The van der Waals surface area contributed by atoms with Gasteiger partial charge in [0, 0.05) is 19.0 Å². The average molecular weight is 439 g/mol. The molecule has 1 saturated carbocycles. The lowest BCUT2D eigenvalue weighted by molar-refractivity contribution is -0.136. The van der Waals surface area contributed by atoms with E-state index in [1.54, 1.807) is 19.1 Å². The highest BCUT2D eigenvalue weighted by molar-refractivity contribution is 5.81. The summed E-state index contributed by atoms with van der Waals surface area (Å²) in [5.74, 6) is 0.675. The Morgan fingerprint density at radius 2 is 1.84 bits per heavy atom. The lowest BCUT2D eigenvalue weighted by Gasteiger charge is -2.39. The number of nitrogens with zero attached hydrogens (tertiary/aromatic N) is 1. The van der Waals surface area contributed by atoms with Crippen molar-refractivity contribution in [2.24, 2.45) is 11.8 Å². The molecule has 0 spiro atoms. The molecule has 5 nitrogen and oxygen atoms in total. The maximum Gasteiger partial charge on any atom is 0.260 e. The topological polar surface area (TPSA) is 58.6 Å². The molecule has 1 aliphatic carbocycles. The Hall–Kier alpha value is -2.89. The van der Waals surface area contributed by atoms with Crippen LogP contribution in [-0.2, 0) is 16.0 Å². The van der Waals surface area contributed by atoms with E-state index in [-0.39, 0.29) is 29.6 Å². The van der Waals surface area contributed by atoms with Crippen LogP contribution >= 0.6 is 0 Å². The normalized spacial score (nSPS) is 18.8. The molecule has 2 unspecified atom stereocenters. The van der Waals surface area contributed by atoms with Crippen LogP contribution in [0.2, 0.25) is 0 Å². The summed E-state index contributed by atoms with van der Waals surface area (Å²) in [5.41, 5.74) is 2.94. The van der Waals surface area contributed by atoms with E-state index in [1.807, 2.05) is 36.9 Å². The Morgan fingerprint density at radius 3 is 2.50 bits per heavy atom. The predicted octanol–water partition coefficient (Wildman–Crippen LogP) is 4.25. The fourth-order valence-corrected chi connectivity index (χ4v) is 4.21. The second-order valence-electron chi connectivity index (χ2n) is 9.20. The van der Waals surface area contributed by atoms with E-state index in [9.17, 15) is 14.0 Å². The Labute approximate surface area is 188 Å². The van der Waals surface area contributed by atoms with Gasteiger partial charge in [-0.25, -0.2) is 4.39 Å². The summed E-state index contributed by atoms with van der Waals surface area (Å²) in [6.45, 7) is 6.83. The fraction of sp³-hybridized carbons (Fsp3) is 0.462. The van der Waals surface area contributed by atoms with Crippen LogP contribution in [-0.4, -0.2) is 35.9 Å². The molecule has 0 saturated heterocycles. The van der Waals surface area contributed by atoms with Crippen LogP contribution < -0.4 is 10.1 Å². The number of carbonyl (C=O) groups is 2. The standard InChI is InChI=1S/C26H31FN2O3/c1-16(2)26(31)29-13-12-19-8-11-22(32-17(3)25(30)28-15-18-4-5-18)14-23(19)24(29)20-6-9-21(27)10-7-20/h6-11,14,16-18,24H,4-5,12-13,15H2,1-3H3,(H,28,30). The molecule has 32 heavy (non-hydrogen) atoms. The smallest absolute Gasteiger partial charge is 0.260 e. The second kappa shape index (κ2) is 9.31. The third-order valence-corrected chi connectivity index (χ3v) is 6.25. The van der Waals surface area contributed by atoms with E-state index >= 15 is 0 Å². The number of amides is 2. The van der Waals surface area contributed by atoms with Gasteiger partial charge in [0.25, 0.3) is 5.91 Å². The largest absolute Gasteiger partial charge is 0.481 e. The van der Waals surface area contributed by atoms with E-state index in [2.05, 4.69) is 5.32 Å². The van der Waals surface area contributed by atoms with Crippen LogP contribution in [0.15, 0.2) is 42.5 Å². The minimum absolute atomic E-state index is 0.0594. The molecule has 2 aliphatic rings. The molecule has 4 rings (SSSR count). The van der Waals surface area contributed by atoms with Crippen molar-refractivity contribution in [3.8, 4) is 5.75 Å². The number of nitrogens with one attached hydrogen (secondary N) is 1. The number of halogens is 1. The summed E-state index contributed by atoms with van der Waals surface area (Å²) < 4.78 is 19.6. The Morgan fingerprint density at radius 1 is 1.12 bits per heavy atom. The first-order valence-electron chi connectivity index (χ1n) is 11.5. The number of rotatable bonds is 7.